The summed E-state index contributed by atoms with van der Waals surface area (Å²) in [5, 5.41) is 5.22. The van der Waals surface area contributed by atoms with Gasteiger partial charge in [-0.2, -0.15) is 0 Å². The lowest BCUT2D eigenvalue weighted by molar-refractivity contribution is -0.122. The number of nitrogens with two attached hydrogens (primary N) is 1. The van der Waals surface area contributed by atoms with Crippen molar-refractivity contribution >= 4 is 11.9 Å². The van der Waals surface area contributed by atoms with Crippen LogP contribution in [-0.4, -0.2) is 48.6 Å². The molecule has 1 aliphatic heterocycles. The Morgan fingerprint density at radius 3 is 2.44 bits per heavy atom. The van der Waals surface area contributed by atoms with Crippen molar-refractivity contribution in [2.24, 2.45) is 5.73 Å². The number of likely N-dealkylation sites (tertiary alicyclic amines) is 1. The van der Waals surface area contributed by atoms with Gasteiger partial charge in [-0.1, -0.05) is 19.3 Å². The number of nitrogens with zero attached hydrogens (tertiary/aromatic N) is 1. The van der Waals surface area contributed by atoms with E-state index in [1.54, 1.807) is 0 Å². The molecule has 2 aliphatic rings. The molecule has 2 rings (SSSR count). The van der Waals surface area contributed by atoms with E-state index in [9.17, 15) is 9.59 Å². The van der Waals surface area contributed by atoms with Crippen molar-refractivity contribution in [3.05, 3.63) is 0 Å². The molecule has 0 bridgehead atoms. The van der Waals surface area contributed by atoms with E-state index < -0.39 is 0 Å². The molecule has 1 heterocycles. The smallest absolute Gasteiger partial charge is 0.321 e. The third kappa shape index (κ3) is 3.96. The van der Waals surface area contributed by atoms with Gasteiger partial charge in [0.25, 0.3) is 0 Å². The number of hydrogen-bond donors (Lipinski definition) is 3. The zero-order valence-electron chi connectivity index (χ0n) is 10.7. The molecular weight excluding hydrogens is 232 g/mol. The van der Waals surface area contributed by atoms with Crippen molar-refractivity contribution in [2.45, 2.75) is 44.2 Å². The summed E-state index contributed by atoms with van der Waals surface area (Å²) in [6.07, 6.45) is 5.59. The number of urea groups is 1. The monoisotopic (exact) mass is 254 g/mol. The summed E-state index contributed by atoms with van der Waals surface area (Å²) >= 11 is 0. The van der Waals surface area contributed by atoms with E-state index in [4.69, 9.17) is 5.73 Å². The van der Waals surface area contributed by atoms with E-state index in [1.807, 2.05) is 4.90 Å². The van der Waals surface area contributed by atoms with Crippen LogP contribution in [-0.2, 0) is 4.79 Å². The Morgan fingerprint density at radius 1 is 1.17 bits per heavy atom. The number of imide groups is 1. The molecule has 0 atom stereocenters. The maximum absolute atomic E-state index is 11.6. The fourth-order valence-electron chi connectivity index (χ4n) is 2.58. The van der Waals surface area contributed by atoms with E-state index in [1.165, 1.54) is 6.42 Å². The van der Waals surface area contributed by atoms with E-state index in [0.29, 0.717) is 0 Å². The summed E-state index contributed by atoms with van der Waals surface area (Å²) < 4.78 is 0. The van der Waals surface area contributed by atoms with Gasteiger partial charge in [0.2, 0.25) is 5.91 Å². The van der Waals surface area contributed by atoms with Crippen LogP contribution in [0.2, 0.25) is 0 Å². The molecule has 0 aromatic carbocycles. The molecule has 1 aliphatic carbocycles. The maximum atomic E-state index is 11.6. The molecule has 0 radical (unpaired) electrons. The third-order valence-electron chi connectivity index (χ3n) is 3.55. The second-order valence-electron chi connectivity index (χ2n) is 5.31. The lowest BCUT2D eigenvalue weighted by atomic mass is 9.96. The van der Waals surface area contributed by atoms with Gasteiger partial charge < -0.3 is 11.1 Å². The summed E-state index contributed by atoms with van der Waals surface area (Å²) in [6.45, 7) is 1.72. The SMILES string of the molecule is NC1CN(CC(=O)NC(=O)NC2CCCCC2)C1. The second kappa shape index (κ2) is 6.15. The molecule has 0 aromatic rings. The van der Waals surface area contributed by atoms with Crippen LogP contribution < -0.4 is 16.4 Å². The van der Waals surface area contributed by atoms with Gasteiger partial charge in [0.1, 0.15) is 0 Å². The van der Waals surface area contributed by atoms with Crippen LogP contribution in [0.5, 0.6) is 0 Å². The first kappa shape index (κ1) is 13.3. The zero-order valence-corrected chi connectivity index (χ0v) is 10.7. The molecule has 0 unspecified atom stereocenters. The highest BCUT2D eigenvalue weighted by Crippen LogP contribution is 2.17. The van der Waals surface area contributed by atoms with Gasteiger partial charge in [-0.25, -0.2) is 4.79 Å². The van der Waals surface area contributed by atoms with Crippen molar-refractivity contribution in [2.75, 3.05) is 19.6 Å². The summed E-state index contributed by atoms with van der Waals surface area (Å²) in [5.74, 6) is -0.254. The molecule has 3 amide bonds. The van der Waals surface area contributed by atoms with Gasteiger partial charge in [-0.05, 0) is 12.8 Å². The average Bonchev–Trinajstić information content (AvgIpc) is 2.28. The molecule has 1 saturated heterocycles. The number of nitrogens with one attached hydrogen (secondary N) is 2. The highest BCUT2D eigenvalue weighted by Gasteiger charge is 2.25. The van der Waals surface area contributed by atoms with E-state index in [0.717, 1.165) is 38.8 Å². The summed E-state index contributed by atoms with van der Waals surface area (Å²) in [4.78, 5) is 25.1. The largest absolute Gasteiger partial charge is 0.335 e. The van der Waals surface area contributed by atoms with Gasteiger partial charge in [0, 0.05) is 25.2 Å². The van der Waals surface area contributed by atoms with Crippen LogP contribution in [0.25, 0.3) is 0 Å². The first-order valence-electron chi connectivity index (χ1n) is 6.72. The first-order valence-corrected chi connectivity index (χ1v) is 6.72. The van der Waals surface area contributed by atoms with Gasteiger partial charge in [-0.15, -0.1) is 0 Å². The Kier molecular flexibility index (Phi) is 4.54. The molecule has 0 aromatic heterocycles. The third-order valence-corrected chi connectivity index (χ3v) is 3.55. The van der Waals surface area contributed by atoms with E-state index in [-0.39, 0.29) is 30.6 Å². The van der Waals surface area contributed by atoms with Gasteiger partial charge in [0.15, 0.2) is 0 Å². The number of carbonyl (C=O) groups is 2. The van der Waals surface area contributed by atoms with Gasteiger partial charge in [-0.3, -0.25) is 15.0 Å². The molecule has 6 heteroatoms. The molecule has 102 valence electrons. The topological polar surface area (TPSA) is 87.5 Å². The Morgan fingerprint density at radius 2 is 1.83 bits per heavy atom. The molecule has 1 saturated carbocycles. The standard InChI is InChI=1S/C12H22N4O2/c13-9-6-16(7-9)8-11(17)15-12(18)14-10-4-2-1-3-5-10/h9-10H,1-8,13H2,(H2,14,15,17,18). The number of hydrogen-bond acceptors (Lipinski definition) is 4. The zero-order chi connectivity index (χ0) is 13.0. The number of rotatable bonds is 3. The van der Waals surface area contributed by atoms with Crippen molar-refractivity contribution < 1.29 is 9.59 Å². The fraction of sp³-hybridized carbons (Fsp3) is 0.833. The van der Waals surface area contributed by atoms with Crippen molar-refractivity contribution in [1.82, 2.24) is 15.5 Å². The Bertz CT molecular complexity index is 309. The fourth-order valence-corrected chi connectivity index (χ4v) is 2.58. The quantitative estimate of drug-likeness (QED) is 0.650. The number of amides is 3. The molecular formula is C12H22N4O2. The first-order chi connectivity index (χ1) is 8.63. The Labute approximate surface area is 107 Å². The van der Waals surface area contributed by atoms with Crippen molar-refractivity contribution in [3.63, 3.8) is 0 Å². The molecule has 6 nitrogen and oxygen atoms in total. The van der Waals surface area contributed by atoms with Crippen LogP contribution in [0.4, 0.5) is 4.79 Å². The van der Waals surface area contributed by atoms with Crippen molar-refractivity contribution in [1.29, 1.82) is 0 Å². The predicted molar refractivity (Wildman–Crippen MR) is 68.0 cm³/mol. The van der Waals surface area contributed by atoms with Crippen LogP contribution >= 0.6 is 0 Å². The van der Waals surface area contributed by atoms with Crippen LogP contribution in [0.3, 0.4) is 0 Å². The Hall–Kier alpha value is -1.14. The maximum Gasteiger partial charge on any atom is 0.321 e. The summed E-state index contributed by atoms with van der Waals surface area (Å²) in [6, 6.07) is 0.0366. The molecule has 2 fully saturated rings. The van der Waals surface area contributed by atoms with Gasteiger partial charge >= 0.3 is 6.03 Å². The van der Waals surface area contributed by atoms with Crippen LogP contribution in [0.15, 0.2) is 0 Å². The average molecular weight is 254 g/mol. The summed E-state index contributed by atoms with van der Waals surface area (Å²) in [7, 11) is 0. The minimum Gasteiger partial charge on any atom is -0.335 e. The lowest BCUT2D eigenvalue weighted by Gasteiger charge is -2.36. The summed E-state index contributed by atoms with van der Waals surface area (Å²) in [5.41, 5.74) is 5.62. The minimum atomic E-state index is -0.364. The van der Waals surface area contributed by atoms with E-state index >= 15 is 0 Å². The predicted octanol–water partition coefficient (Wildman–Crippen LogP) is -0.212. The second-order valence-corrected chi connectivity index (χ2v) is 5.31. The lowest BCUT2D eigenvalue weighted by Crippen LogP contribution is -2.58. The Balaban J connectivity index is 1.62. The molecule has 4 N–H and O–H groups in total. The number of carbonyl (C=O) groups excluding carboxylic acids is 2. The normalized spacial score (nSPS) is 22.3. The van der Waals surface area contributed by atoms with Crippen LogP contribution in [0.1, 0.15) is 32.1 Å². The highest BCUT2D eigenvalue weighted by molar-refractivity contribution is 5.95. The van der Waals surface area contributed by atoms with Crippen molar-refractivity contribution in [3.8, 4) is 0 Å². The highest BCUT2D eigenvalue weighted by atomic mass is 16.2. The van der Waals surface area contributed by atoms with E-state index in [2.05, 4.69) is 10.6 Å². The molecule has 18 heavy (non-hydrogen) atoms. The minimum absolute atomic E-state index is 0.175. The van der Waals surface area contributed by atoms with Crippen LogP contribution in [0, 0.1) is 0 Å². The van der Waals surface area contributed by atoms with Gasteiger partial charge in [0.05, 0.1) is 6.54 Å². The molecule has 0 spiro atoms.